The van der Waals surface area contributed by atoms with Gasteiger partial charge in [-0.15, -0.1) is 0 Å². The van der Waals surface area contributed by atoms with Gasteiger partial charge < -0.3 is 19.6 Å². The van der Waals surface area contributed by atoms with Crippen molar-refractivity contribution in [1.29, 1.82) is 0 Å². The molecule has 0 aromatic heterocycles. The van der Waals surface area contributed by atoms with Crippen molar-refractivity contribution in [3.05, 3.63) is 290 Å². The molecular weight excluding hydrogens is 945 g/mol. The maximum Gasteiger partial charge on any atom is 0.0540 e. The summed E-state index contributed by atoms with van der Waals surface area (Å²) in [6.45, 7) is 14.2. The fraction of sp³-hybridized carbons (Fsp3) is 0.108. The van der Waals surface area contributed by atoms with Gasteiger partial charge in [0.2, 0.25) is 0 Å². The monoisotopic (exact) mass is 1010 g/mol. The smallest absolute Gasteiger partial charge is 0.0540 e. The van der Waals surface area contributed by atoms with Crippen LogP contribution >= 0.6 is 0 Å². The summed E-state index contributed by atoms with van der Waals surface area (Å²) in [6, 6.07) is 101. The third-order valence-corrected chi connectivity index (χ3v) is 15.0. The van der Waals surface area contributed by atoms with Crippen molar-refractivity contribution < 1.29 is 0 Å². The highest BCUT2D eigenvalue weighted by Gasteiger charge is 2.29. The standard InChI is InChI=1S/C74H64N4/c1-73(2,3)67-51-59(77(57-37-21-11-22-38-57)71-47-27-41-61-63(71)43-25-45-69(61)75(53-29-13-7-14-30-53)54-31-15-8-16-32-54)50-66-65(67)49-60(52-68(66)74(4,5)6)78(58-39-23-12-24-40-58)72-48-28-42-62-64(72)44-26-46-70(62)76(55-33-17-9-18-34-55)56-35-19-10-20-36-56/h7-52H,1-6H3. The number of hydrogen-bond donors (Lipinski definition) is 0. The van der Waals surface area contributed by atoms with Crippen molar-refractivity contribution in [2.45, 2.75) is 52.4 Å². The first-order chi connectivity index (χ1) is 38.0. The first-order valence-electron chi connectivity index (χ1n) is 27.2. The summed E-state index contributed by atoms with van der Waals surface area (Å²) < 4.78 is 0. The molecule has 4 nitrogen and oxygen atoms in total. The lowest BCUT2D eigenvalue weighted by molar-refractivity contribution is 0.591. The third kappa shape index (κ3) is 9.41. The number of nitrogens with zero attached hydrogens (tertiary/aromatic N) is 4. The van der Waals surface area contributed by atoms with Crippen molar-refractivity contribution in [3.8, 4) is 0 Å². The van der Waals surface area contributed by atoms with Crippen LogP contribution in [0, 0.1) is 0 Å². The minimum absolute atomic E-state index is 0.244. The van der Waals surface area contributed by atoms with Gasteiger partial charge in [-0.2, -0.15) is 0 Å². The summed E-state index contributed by atoms with van der Waals surface area (Å²) in [4.78, 5) is 9.71. The molecule has 0 heterocycles. The molecule has 0 aliphatic heterocycles. The highest BCUT2D eigenvalue weighted by atomic mass is 15.2. The van der Waals surface area contributed by atoms with Gasteiger partial charge in [-0.05, 0) is 154 Å². The summed E-state index contributed by atoms with van der Waals surface area (Å²) in [5.74, 6) is 0. The maximum absolute atomic E-state index is 2.48. The van der Waals surface area contributed by atoms with Crippen molar-refractivity contribution in [3.63, 3.8) is 0 Å². The van der Waals surface area contributed by atoms with Gasteiger partial charge in [0.1, 0.15) is 0 Å². The fourth-order valence-corrected chi connectivity index (χ4v) is 11.4. The SMILES string of the molecule is CC(C)(C)c1cc(N(c2ccccc2)c2cccc3c(N(c4ccccc4)c4ccccc4)cccc23)cc2c(C(C)(C)C)cc(N(c3ccccc3)c3cccc4c(N(c5ccccc5)c5ccccc5)cccc34)cc12. The van der Waals surface area contributed by atoms with Gasteiger partial charge in [-0.1, -0.05) is 199 Å². The summed E-state index contributed by atoms with van der Waals surface area (Å²) in [7, 11) is 0. The number of rotatable bonds is 12. The average Bonchev–Trinajstić information content (AvgIpc) is 3.66. The Kier molecular flexibility index (Phi) is 13.1. The largest absolute Gasteiger partial charge is 0.310 e. The number of para-hydroxylation sites is 6. The normalized spacial score (nSPS) is 11.7. The molecule has 0 spiro atoms. The molecule has 0 aliphatic rings. The van der Waals surface area contributed by atoms with Crippen LogP contribution in [0.5, 0.6) is 0 Å². The average molecular weight is 1010 g/mol. The molecule has 12 rings (SSSR count). The molecule has 0 radical (unpaired) electrons. The Balaban J connectivity index is 1.08. The van der Waals surface area contributed by atoms with E-state index in [1.165, 1.54) is 21.9 Å². The van der Waals surface area contributed by atoms with Gasteiger partial charge in [0.25, 0.3) is 0 Å². The zero-order valence-corrected chi connectivity index (χ0v) is 45.3. The van der Waals surface area contributed by atoms with Crippen LogP contribution in [0.25, 0.3) is 32.3 Å². The van der Waals surface area contributed by atoms with E-state index in [0.717, 1.165) is 89.8 Å². The summed E-state index contributed by atoms with van der Waals surface area (Å²) >= 11 is 0. The Labute approximate surface area is 460 Å². The Morgan fingerprint density at radius 1 is 0.192 bits per heavy atom. The van der Waals surface area contributed by atoms with Gasteiger partial charge in [-0.25, -0.2) is 0 Å². The van der Waals surface area contributed by atoms with Crippen LogP contribution in [-0.4, -0.2) is 0 Å². The van der Waals surface area contributed by atoms with Crippen LogP contribution in [0.3, 0.4) is 0 Å². The van der Waals surface area contributed by atoms with Crippen LogP contribution in [0.15, 0.2) is 279 Å². The third-order valence-electron chi connectivity index (χ3n) is 15.0. The van der Waals surface area contributed by atoms with Gasteiger partial charge in [-0.3, -0.25) is 0 Å². The quantitative estimate of drug-likeness (QED) is 0.121. The Morgan fingerprint density at radius 2 is 0.397 bits per heavy atom. The highest BCUT2D eigenvalue weighted by molar-refractivity contribution is 6.10. The van der Waals surface area contributed by atoms with E-state index in [9.17, 15) is 0 Å². The second-order valence-electron chi connectivity index (χ2n) is 22.2. The molecule has 0 amide bonds. The molecule has 0 fully saturated rings. The molecule has 4 heteroatoms. The van der Waals surface area contributed by atoms with E-state index in [4.69, 9.17) is 0 Å². The van der Waals surface area contributed by atoms with E-state index >= 15 is 0 Å². The summed E-state index contributed by atoms with van der Waals surface area (Å²) in [5, 5.41) is 7.12. The molecule has 0 unspecified atom stereocenters. The molecule has 12 aromatic rings. The summed E-state index contributed by atoms with van der Waals surface area (Å²) in [6.07, 6.45) is 0. The zero-order chi connectivity index (χ0) is 53.4. The van der Waals surface area contributed by atoms with Crippen LogP contribution in [0.1, 0.15) is 52.7 Å². The predicted molar refractivity (Wildman–Crippen MR) is 335 cm³/mol. The van der Waals surface area contributed by atoms with Gasteiger partial charge in [0.15, 0.2) is 0 Å². The van der Waals surface area contributed by atoms with Crippen LogP contribution < -0.4 is 19.6 Å². The number of hydrogen-bond acceptors (Lipinski definition) is 4. The molecule has 380 valence electrons. The van der Waals surface area contributed by atoms with Crippen molar-refractivity contribution in [1.82, 2.24) is 0 Å². The van der Waals surface area contributed by atoms with E-state index in [0.29, 0.717) is 0 Å². The molecule has 0 bridgehead atoms. The first-order valence-corrected chi connectivity index (χ1v) is 27.2. The van der Waals surface area contributed by atoms with Gasteiger partial charge in [0, 0.05) is 67.0 Å². The van der Waals surface area contributed by atoms with E-state index in [1.807, 2.05) is 0 Å². The molecule has 12 aromatic carbocycles. The summed E-state index contributed by atoms with van der Waals surface area (Å²) in [5.41, 5.74) is 15.3. The molecular formula is C74H64N4. The fourth-order valence-electron chi connectivity index (χ4n) is 11.4. The second-order valence-corrected chi connectivity index (χ2v) is 22.2. The van der Waals surface area contributed by atoms with Crippen molar-refractivity contribution >= 4 is 101 Å². The topological polar surface area (TPSA) is 13.0 Å². The Bertz CT molecular complexity index is 3690. The van der Waals surface area contributed by atoms with Crippen LogP contribution in [-0.2, 0) is 10.8 Å². The lowest BCUT2D eigenvalue weighted by Gasteiger charge is -2.34. The van der Waals surface area contributed by atoms with Crippen LogP contribution in [0.4, 0.5) is 68.2 Å². The van der Waals surface area contributed by atoms with E-state index in [1.54, 1.807) is 0 Å². The van der Waals surface area contributed by atoms with E-state index in [-0.39, 0.29) is 10.8 Å². The molecule has 0 saturated heterocycles. The lowest BCUT2D eigenvalue weighted by atomic mass is 9.78. The molecule has 0 N–H and O–H groups in total. The molecule has 0 saturated carbocycles. The Morgan fingerprint density at radius 3 is 0.603 bits per heavy atom. The molecule has 78 heavy (non-hydrogen) atoms. The first kappa shape index (κ1) is 49.5. The van der Waals surface area contributed by atoms with E-state index in [2.05, 4.69) is 340 Å². The molecule has 0 aliphatic carbocycles. The van der Waals surface area contributed by atoms with E-state index < -0.39 is 0 Å². The van der Waals surface area contributed by atoms with Crippen molar-refractivity contribution in [2.75, 3.05) is 19.6 Å². The number of fused-ring (bicyclic) bond motifs is 3. The number of benzene rings is 12. The van der Waals surface area contributed by atoms with Crippen molar-refractivity contribution in [2.24, 2.45) is 0 Å². The molecule has 0 atom stereocenters. The lowest BCUT2D eigenvalue weighted by Crippen LogP contribution is -2.19. The van der Waals surface area contributed by atoms with Gasteiger partial charge >= 0.3 is 0 Å². The zero-order valence-electron chi connectivity index (χ0n) is 45.3. The minimum atomic E-state index is -0.244. The highest BCUT2D eigenvalue weighted by Crippen LogP contribution is 2.50. The predicted octanol–water partition coefficient (Wildman–Crippen LogP) is 21.6. The van der Waals surface area contributed by atoms with Gasteiger partial charge in [0.05, 0.1) is 22.7 Å². The maximum atomic E-state index is 2.48. The Hall–Kier alpha value is -9.38. The minimum Gasteiger partial charge on any atom is -0.310 e. The van der Waals surface area contributed by atoms with Crippen LogP contribution in [0.2, 0.25) is 0 Å². The second kappa shape index (κ2) is 20.6. The number of anilines is 12.